The summed E-state index contributed by atoms with van der Waals surface area (Å²) in [6.45, 7) is 5.99. The van der Waals surface area contributed by atoms with Crippen molar-refractivity contribution in [2.24, 2.45) is 0 Å². The Morgan fingerprint density at radius 3 is 2.38 bits per heavy atom. The number of benzene rings is 2. The lowest BCUT2D eigenvalue weighted by atomic mass is 10.1. The van der Waals surface area contributed by atoms with Crippen molar-refractivity contribution in [3.05, 3.63) is 72.3 Å². The first kappa shape index (κ1) is 17.3. The second kappa shape index (κ2) is 8.53. The molecule has 0 aliphatic rings. The van der Waals surface area contributed by atoms with Crippen LogP contribution in [0.15, 0.2) is 66.7 Å². The number of nitrogens with one attached hydrogen (secondary N) is 3. The SMILES string of the molecule is C=C(C)CNC(=O)Nc1cccc(CC(=O)Nc2ccccc2)c1. The minimum absolute atomic E-state index is 0.106. The van der Waals surface area contributed by atoms with Gasteiger partial charge in [0.2, 0.25) is 5.91 Å². The van der Waals surface area contributed by atoms with Crippen LogP contribution in [0.2, 0.25) is 0 Å². The standard InChI is InChI=1S/C19H21N3O2/c1-14(2)13-20-19(24)22-17-10-6-7-15(11-17)12-18(23)21-16-8-4-3-5-9-16/h3-11H,1,12-13H2,2H3,(H,21,23)(H2,20,22,24). The molecule has 3 amide bonds. The molecule has 0 radical (unpaired) electrons. The van der Waals surface area contributed by atoms with E-state index in [4.69, 9.17) is 0 Å². The average molecular weight is 323 g/mol. The smallest absolute Gasteiger partial charge is 0.319 e. The molecule has 0 aliphatic heterocycles. The highest BCUT2D eigenvalue weighted by molar-refractivity contribution is 5.93. The van der Waals surface area contributed by atoms with Gasteiger partial charge in [-0.15, -0.1) is 0 Å². The van der Waals surface area contributed by atoms with Crippen LogP contribution in [0.25, 0.3) is 0 Å². The van der Waals surface area contributed by atoms with E-state index in [1.54, 1.807) is 18.2 Å². The molecule has 0 saturated heterocycles. The van der Waals surface area contributed by atoms with Crippen LogP contribution in [0.3, 0.4) is 0 Å². The third kappa shape index (κ3) is 5.96. The van der Waals surface area contributed by atoms with Crippen LogP contribution in [0.4, 0.5) is 16.2 Å². The van der Waals surface area contributed by atoms with Gasteiger partial charge in [-0.1, -0.05) is 42.5 Å². The largest absolute Gasteiger partial charge is 0.334 e. The zero-order valence-electron chi connectivity index (χ0n) is 13.6. The first-order chi connectivity index (χ1) is 11.5. The van der Waals surface area contributed by atoms with Crippen molar-refractivity contribution in [3.8, 4) is 0 Å². The van der Waals surface area contributed by atoms with Gasteiger partial charge in [-0.05, 0) is 36.8 Å². The highest BCUT2D eigenvalue weighted by atomic mass is 16.2. The number of rotatable bonds is 6. The van der Waals surface area contributed by atoms with E-state index in [-0.39, 0.29) is 18.4 Å². The average Bonchev–Trinajstić information content (AvgIpc) is 2.54. The molecule has 3 N–H and O–H groups in total. The summed E-state index contributed by atoms with van der Waals surface area (Å²) in [5.41, 5.74) is 3.09. The summed E-state index contributed by atoms with van der Waals surface area (Å²) in [6.07, 6.45) is 0.234. The number of anilines is 2. The monoisotopic (exact) mass is 323 g/mol. The van der Waals surface area contributed by atoms with Gasteiger partial charge >= 0.3 is 6.03 Å². The predicted octanol–water partition coefficient (Wildman–Crippen LogP) is 3.57. The Hall–Kier alpha value is -3.08. The molecule has 0 atom stereocenters. The van der Waals surface area contributed by atoms with Crippen molar-refractivity contribution in [1.29, 1.82) is 0 Å². The van der Waals surface area contributed by atoms with Gasteiger partial charge in [-0.3, -0.25) is 4.79 Å². The fraction of sp³-hybridized carbons (Fsp3) is 0.158. The summed E-state index contributed by atoms with van der Waals surface area (Å²) in [5.74, 6) is -0.106. The highest BCUT2D eigenvalue weighted by Gasteiger charge is 2.06. The molecule has 2 rings (SSSR count). The molecule has 2 aromatic carbocycles. The molecule has 0 heterocycles. The lowest BCUT2D eigenvalue weighted by Gasteiger charge is -2.09. The van der Waals surface area contributed by atoms with Gasteiger partial charge < -0.3 is 16.0 Å². The Labute approximate surface area is 141 Å². The first-order valence-corrected chi connectivity index (χ1v) is 7.66. The van der Waals surface area contributed by atoms with E-state index < -0.39 is 0 Å². The summed E-state index contributed by atoms with van der Waals surface area (Å²) < 4.78 is 0. The number of para-hydroxylation sites is 1. The van der Waals surface area contributed by atoms with Gasteiger partial charge in [0.05, 0.1) is 6.42 Å². The van der Waals surface area contributed by atoms with Gasteiger partial charge in [0.15, 0.2) is 0 Å². The Morgan fingerprint density at radius 1 is 0.958 bits per heavy atom. The van der Waals surface area contributed by atoms with Gasteiger partial charge in [-0.2, -0.15) is 0 Å². The maximum absolute atomic E-state index is 12.1. The van der Waals surface area contributed by atoms with Gasteiger partial charge in [0.1, 0.15) is 0 Å². The van der Waals surface area contributed by atoms with Crippen LogP contribution in [-0.2, 0) is 11.2 Å². The summed E-state index contributed by atoms with van der Waals surface area (Å²) in [6, 6.07) is 16.2. The zero-order valence-corrected chi connectivity index (χ0v) is 13.6. The molecule has 0 bridgehead atoms. The van der Waals surface area contributed by atoms with Crippen LogP contribution in [0.1, 0.15) is 12.5 Å². The van der Waals surface area contributed by atoms with Crippen molar-refractivity contribution in [3.63, 3.8) is 0 Å². The molecule has 2 aromatic rings. The highest BCUT2D eigenvalue weighted by Crippen LogP contribution is 2.12. The molecule has 5 heteroatoms. The minimum Gasteiger partial charge on any atom is -0.334 e. The molecule has 24 heavy (non-hydrogen) atoms. The molecule has 0 fully saturated rings. The van der Waals surface area contributed by atoms with E-state index in [0.29, 0.717) is 12.2 Å². The Bertz CT molecular complexity index is 726. The Balaban J connectivity index is 1.91. The molecular weight excluding hydrogens is 302 g/mol. The maximum atomic E-state index is 12.1. The van der Waals surface area contributed by atoms with Crippen molar-refractivity contribution in [1.82, 2.24) is 5.32 Å². The second-order valence-corrected chi connectivity index (χ2v) is 5.56. The van der Waals surface area contributed by atoms with Crippen LogP contribution >= 0.6 is 0 Å². The predicted molar refractivity (Wildman–Crippen MR) is 97.1 cm³/mol. The van der Waals surface area contributed by atoms with Crippen molar-refractivity contribution in [2.45, 2.75) is 13.3 Å². The fourth-order valence-electron chi connectivity index (χ4n) is 2.08. The van der Waals surface area contributed by atoms with E-state index >= 15 is 0 Å². The normalized spacial score (nSPS) is 9.88. The number of amides is 3. The molecule has 0 spiro atoms. The van der Waals surface area contributed by atoms with Crippen LogP contribution < -0.4 is 16.0 Å². The summed E-state index contributed by atoms with van der Waals surface area (Å²) in [5, 5.41) is 8.27. The topological polar surface area (TPSA) is 70.2 Å². The van der Waals surface area contributed by atoms with Gasteiger partial charge in [0, 0.05) is 17.9 Å². The third-order valence-electron chi connectivity index (χ3n) is 3.16. The summed E-state index contributed by atoms with van der Waals surface area (Å²) in [7, 11) is 0. The quantitative estimate of drug-likeness (QED) is 0.711. The third-order valence-corrected chi connectivity index (χ3v) is 3.16. The molecule has 0 saturated carbocycles. The number of carbonyl (C=O) groups excluding carboxylic acids is 2. The number of hydrogen-bond donors (Lipinski definition) is 3. The Kier molecular flexibility index (Phi) is 6.14. The Morgan fingerprint density at radius 2 is 1.67 bits per heavy atom. The van der Waals surface area contributed by atoms with Crippen molar-refractivity contribution < 1.29 is 9.59 Å². The lowest BCUT2D eigenvalue weighted by molar-refractivity contribution is -0.115. The maximum Gasteiger partial charge on any atom is 0.319 e. The second-order valence-electron chi connectivity index (χ2n) is 5.56. The number of carbonyl (C=O) groups is 2. The first-order valence-electron chi connectivity index (χ1n) is 7.66. The molecule has 0 aromatic heterocycles. The lowest BCUT2D eigenvalue weighted by Crippen LogP contribution is -2.29. The molecule has 0 unspecified atom stereocenters. The van der Waals surface area contributed by atoms with Gasteiger partial charge in [-0.25, -0.2) is 4.79 Å². The van der Waals surface area contributed by atoms with E-state index in [1.807, 2.05) is 43.3 Å². The van der Waals surface area contributed by atoms with Crippen molar-refractivity contribution in [2.75, 3.05) is 17.2 Å². The van der Waals surface area contributed by atoms with Gasteiger partial charge in [0.25, 0.3) is 0 Å². The summed E-state index contributed by atoms with van der Waals surface area (Å²) in [4.78, 5) is 23.8. The molecule has 124 valence electrons. The minimum atomic E-state index is -0.302. The molecule has 0 aliphatic carbocycles. The van der Waals surface area contributed by atoms with E-state index in [2.05, 4.69) is 22.5 Å². The zero-order chi connectivity index (χ0) is 17.4. The van der Waals surface area contributed by atoms with Crippen LogP contribution in [-0.4, -0.2) is 18.5 Å². The van der Waals surface area contributed by atoms with Crippen LogP contribution in [0.5, 0.6) is 0 Å². The van der Waals surface area contributed by atoms with E-state index in [1.165, 1.54) is 0 Å². The van der Waals surface area contributed by atoms with Crippen molar-refractivity contribution >= 4 is 23.3 Å². The molecule has 5 nitrogen and oxygen atoms in total. The van der Waals surface area contributed by atoms with E-state index in [9.17, 15) is 9.59 Å². The van der Waals surface area contributed by atoms with E-state index in [0.717, 1.165) is 16.8 Å². The molecular formula is C19H21N3O2. The summed E-state index contributed by atoms with van der Waals surface area (Å²) >= 11 is 0. The van der Waals surface area contributed by atoms with Crippen LogP contribution in [0, 0.1) is 0 Å². The number of hydrogen-bond acceptors (Lipinski definition) is 2. The number of urea groups is 1. The fourth-order valence-corrected chi connectivity index (χ4v) is 2.08.